The number of halogens is 1. The quantitative estimate of drug-likeness (QED) is 0.318. The second-order valence-electron chi connectivity index (χ2n) is 17.9. The molecule has 57 heavy (non-hydrogen) atoms. The number of carbonyl (C=O) groups excluding carboxylic acids is 4. The normalized spacial score (nSPS) is 31.5. The fraction of sp³-hybridized carbons (Fsp3) is 0.698. The summed E-state index contributed by atoms with van der Waals surface area (Å²) >= 11 is 0. The van der Waals surface area contributed by atoms with Crippen molar-refractivity contribution < 1.29 is 41.5 Å². The van der Waals surface area contributed by atoms with Gasteiger partial charge in [-0.3, -0.25) is 33.3 Å². The van der Waals surface area contributed by atoms with E-state index < -0.39 is 50.5 Å². The summed E-state index contributed by atoms with van der Waals surface area (Å²) in [6.07, 6.45) is 10.2. The minimum Gasteiger partial charge on any atom is -0.473 e. The molecule has 1 aromatic carbocycles. The summed E-state index contributed by atoms with van der Waals surface area (Å²) in [5.74, 6) is -2.71. The maximum Gasteiger partial charge on any atom is 0.306 e. The minimum absolute atomic E-state index is 0.0142. The number of benzene rings is 1. The number of esters is 1. The molecule has 2 amide bonds. The highest BCUT2D eigenvalue weighted by atomic mass is 32.2. The molecule has 12 nitrogen and oxygen atoms in total. The molecule has 2 aliphatic heterocycles. The Hall–Kier alpha value is -3.81. The molecule has 4 saturated carbocycles. The van der Waals surface area contributed by atoms with E-state index in [9.17, 15) is 36.8 Å². The first kappa shape index (κ1) is 40.0. The van der Waals surface area contributed by atoms with Crippen molar-refractivity contribution >= 4 is 44.4 Å². The number of aromatic nitrogens is 1. The Morgan fingerprint density at radius 2 is 1.65 bits per heavy atom. The Labute approximate surface area is 333 Å². The number of ether oxygens (including phenoxy) is 2. The molecule has 2 bridgehead atoms. The Morgan fingerprint density at radius 1 is 0.912 bits per heavy atom. The van der Waals surface area contributed by atoms with Crippen LogP contribution in [-0.2, 0) is 40.5 Å². The highest BCUT2D eigenvalue weighted by Gasteiger charge is 2.62. The molecule has 1 saturated heterocycles. The van der Waals surface area contributed by atoms with Crippen LogP contribution in [0.4, 0.5) is 4.39 Å². The van der Waals surface area contributed by atoms with Gasteiger partial charge in [-0.05, 0) is 99.5 Å². The molecule has 1 N–H and O–H groups in total. The number of pyridine rings is 1. The number of ketones is 1. The van der Waals surface area contributed by atoms with E-state index in [2.05, 4.69) is 4.72 Å². The zero-order valence-corrected chi connectivity index (χ0v) is 33.7. The van der Waals surface area contributed by atoms with E-state index in [1.165, 1.54) is 27.7 Å². The van der Waals surface area contributed by atoms with Crippen molar-refractivity contribution in [2.45, 2.75) is 153 Å². The zero-order chi connectivity index (χ0) is 40.1. The SMILES string of the molecule is CC[C@H]1C[C@]1(CC(=O)[C@@H]1C[C@@H]2CN1C(=O)[C@H](C1CCCC1)CC(=O)O[C@@H]1CCC[C@H]1CCCCCn1c(cc3ccc(F)cc3c1=O)O2)C(=O)NS(=O)(=O)C1CC1. The monoisotopic (exact) mass is 809 g/mol. The third-order valence-electron chi connectivity index (χ3n) is 14.1. The maximum absolute atomic E-state index is 14.9. The number of nitrogens with zero attached hydrogens (tertiary/aromatic N) is 2. The van der Waals surface area contributed by atoms with Crippen LogP contribution in [-0.4, -0.2) is 71.5 Å². The number of Topliss-reactive ketones (excluding diaryl/α,β-unsaturated/α-hetero) is 1. The van der Waals surface area contributed by atoms with Crippen molar-refractivity contribution in [2.24, 2.45) is 29.1 Å². The van der Waals surface area contributed by atoms with E-state index in [4.69, 9.17) is 9.47 Å². The second kappa shape index (κ2) is 16.1. The number of fused-ring (bicyclic) bond motifs is 5. The van der Waals surface area contributed by atoms with Crippen LogP contribution in [0, 0.1) is 34.9 Å². The highest BCUT2D eigenvalue weighted by molar-refractivity contribution is 7.90. The third-order valence-corrected chi connectivity index (χ3v) is 15.9. The van der Waals surface area contributed by atoms with Gasteiger partial charge in [-0.15, -0.1) is 0 Å². The Morgan fingerprint density at radius 3 is 2.39 bits per heavy atom. The largest absolute Gasteiger partial charge is 0.473 e. The van der Waals surface area contributed by atoms with Crippen LogP contribution >= 0.6 is 0 Å². The number of sulfonamides is 1. The summed E-state index contributed by atoms with van der Waals surface area (Å²) in [5.41, 5.74) is -1.58. The number of hydrogen-bond acceptors (Lipinski definition) is 9. The molecule has 1 aromatic heterocycles. The number of rotatable bonds is 8. The predicted octanol–water partition coefficient (Wildman–Crippen LogP) is 5.96. The van der Waals surface area contributed by atoms with Crippen molar-refractivity contribution in [1.29, 1.82) is 0 Å². The molecular weight excluding hydrogens is 754 g/mol. The first-order chi connectivity index (χ1) is 27.4. The van der Waals surface area contributed by atoms with E-state index in [1.807, 2.05) is 6.92 Å². The van der Waals surface area contributed by atoms with Gasteiger partial charge in [0.1, 0.15) is 18.0 Å². The van der Waals surface area contributed by atoms with Gasteiger partial charge < -0.3 is 14.4 Å². The Kier molecular flexibility index (Phi) is 11.3. The van der Waals surface area contributed by atoms with Gasteiger partial charge in [-0.2, -0.15) is 0 Å². The molecule has 2 aromatic rings. The molecule has 4 aliphatic carbocycles. The first-order valence-corrected chi connectivity index (χ1v) is 23.0. The van der Waals surface area contributed by atoms with Crippen LogP contribution in [0.1, 0.15) is 122 Å². The summed E-state index contributed by atoms with van der Waals surface area (Å²) in [4.78, 5) is 72.5. The van der Waals surface area contributed by atoms with E-state index in [0.29, 0.717) is 44.0 Å². The van der Waals surface area contributed by atoms with Crippen LogP contribution in [0.25, 0.3) is 10.8 Å². The average Bonchev–Trinajstić information content (AvgIpc) is 3.97. The molecular formula is C43H56FN3O9S. The lowest BCUT2D eigenvalue weighted by atomic mass is 9.86. The van der Waals surface area contributed by atoms with E-state index in [0.717, 1.165) is 64.2 Å². The number of nitrogens with one attached hydrogen (secondary N) is 1. The van der Waals surface area contributed by atoms with E-state index in [-0.39, 0.29) is 84.2 Å². The summed E-state index contributed by atoms with van der Waals surface area (Å²) in [7, 11) is -3.84. The number of amides is 2. The van der Waals surface area contributed by atoms with Gasteiger partial charge in [-0.25, -0.2) is 12.8 Å². The highest BCUT2D eigenvalue weighted by Crippen LogP contribution is 2.58. The molecule has 7 atom stereocenters. The minimum atomic E-state index is -3.84. The molecule has 3 heterocycles. The first-order valence-electron chi connectivity index (χ1n) is 21.5. The van der Waals surface area contributed by atoms with Crippen LogP contribution in [0.2, 0.25) is 0 Å². The van der Waals surface area contributed by atoms with Gasteiger partial charge in [-0.1, -0.05) is 45.1 Å². The van der Waals surface area contributed by atoms with Crippen LogP contribution in [0.5, 0.6) is 5.88 Å². The van der Waals surface area contributed by atoms with Crippen LogP contribution < -0.4 is 15.0 Å². The molecule has 0 radical (unpaired) electrons. The number of carbonyl (C=O) groups is 4. The van der Waals surface area contributed by atoms with Crippen molar-refractivity contribution in [3.63, 3.8) is 0 Å². The summed E-state index contributed by atoms with van der Waals surface area (Å²) in [5, 5.41) is 0.143. The van der Waals surface area contributed by atoms with E-state index >= 15 is 0 Å². The van der Waals surface area contributed by atoms with Crippen molar-refractivity contribution in [2.75, 3.05) is 6.54 Å². The topological polar surface area (TPSA) is 158 Å². The Bertz CT molecular complexity index is 2080. The van der Waals surface area contributed by atoms with Crippen LogP contribution in [0.3, 0.4) is 0 Å². The van der Waals surface area contributed by atoms with Gasteiger partial charge in [0, 0.05) is 25.5 Å². The fourth-order valence-corrected chi connectivity index (χ4v) is 12.0. The van der Waals surface area contributed by atoms with Crippen molar-refractivity contribution in [1.82, 2.24) is 14.2 Å². The lowest BCUT2D eigenvalue weighted by Gasteiger charge is -2.31. The van der Waals surface area contributed by atoms with Gasteiger partial charge in [0.05, 0.1) is 41.0 Å². The van der Waals surface area contributed by atoms with Crippen molar-refractivity contribution in [3.05, 3.63) is 40.4 Å². The molecule has 6 aliphatic rings. The molecule has 310 valence electrons. The van der Waals surface area contributed by atoms with E-state index in [1.54, 1.807) is 6.07 Å². The van der Waals surface area contributed by atoms with Crippen molar-refractivity contribution in [3.8, 4) is 5.88 Å². The lowest BCUT2D eigenvalue weighted by Crippen LogP contribution is -2.47. The summed E-state index contributed by atoms with van der Waals surface area (Å²) < 4.78 is 56.6. The van der Waals surface area contributed by atoms with Gasteiger partial charge in [0.25, 0.3) is 5.56 Å². The Balaban J connectivity index is 1.14. The molecule has 8 rings (SSSR count). The van der Waals surface area contributed by atoms with Gasteiger partial charge in [0.15, 0.2) is 11.7 Å². The van der Waals surface area contributed by atoms with Gasteiger partial charge in [0.2, 0.25) is 21.8 Å². The summed E-state index contributed by atoms with van der Waals surface area (Å²) in [6.45, 7) is 2.25. The number of hydrogen-bond donors (Lipinski definition) is 1. The standard InChI is InChI=1S/C43H56FN3O9S/c1-2-29-23-43(29,42(52)45-57(53,54)32-16-17-32)24-36(48)35-21-31-25-47(35)41(51)34(26-9-5-6-10-26)22-39(49)56-37-13-8-12-27(37)11-4-3-7-18-46-38(55-31)19-28-14-15-30(44)20-33(28)40(46)50/h14-15,19-20,26-27,29,31-32,34-35,37H,2-13,16-18,21-25H2,1H3,(H,45,52)/t27-,29+,31-,34+,35+,37-,43-/m1/s1. The zero-order valence-electron chi connectivity index (χ0n) is 32.9. The predicted molar refractivity (Wildman–Crippen MR) is 209 cm³/mol. The van der Waals surface area contributed by atoms with Crippen LogP contribution in [0.15, 0.2) is 29.1 Å². The maximum atomic E-state index is 14.9. The molecule has 14 heteroatoms. The molecule has 0 spiro atoms. The molecule has 5 fully saturated rings. The summed E-state index contributed by atoms with van der Waals surface area (Å²) in [6, 6.07) is 4.77. The average molecular weight is 810 g/mol. The third kappa shape index (κ3) is 8.26. The lowest BCUT2D eigenvalue weighted by molar-refractivity contribution is -0.156. The smallest absolute Gasteiger partial charge is 0.306 e. The van der Waals surface area contributed by atoms with Gasteiger partial charge >= 0.3 is 5.97 Å². The fourth-order valence-electron chi connectivity index (χ4n) is 10.6. The molecule has 0 unspecified atom stereocenters. The second-order valence-corrected chi connectivity index (χ2v) is 19.8.